The van der Waals surface area contributed by atoms with Crippen molar-refractivity contribution < 1.29 is 9.90 Å². The molecular weight excluding hydrogens is 236 g/mol. The summed E-state index contributed by atoms with van der Waals surface area (Å²) in [6.07, 6.45) is 2.92. The molecule has 4 atom stereocenters. The highest BCUT2D eigenvalue weighted by molar-refractivity contribution is 5.83. The first-order valence-corrected chi connectivity index (χ1v) is 7.07. The molecule has 0 aliphatic heterocycles. The van der Waals surface area contributed by atoms with Gasteiger partial charge in [-0.2, -0.15) is 0 Å². The van der Waals surface area contributed by atoms with Gasteiger partial charge in [0.25, 0.3) is 0 Å². The highest BCUT2D eigenvalue weighted by Crippen LogP contribution is 2.47. The van der Waals surface area contributed by atoms with Crippen LogP contribution in [0.4, 0.5) is 0 Å². The van der Waals surface area contributed by atoms with Crippen molar-refractivity contribution >= 4 is 5.78 Å². The first-order valence-electron chi connectivity index (χ1n) is 7.07. The van der Waals surface area contributed by atoms with Gasteiger partial charge in [0.1, 0.15) is 5.78 Å². The van der Waals surface area contributed by atoms with Crippen LogP contribution in [0.3, 0.4) is 0 Å². The van der Waals surface area contributed by atoms with Crippen molar-refractivity contribution in [2.45, 2.75) is 31.8 Å². The SMILES string of the molecule is C=C1C[C@@H]2CC(=O)[C@@H](C(O)c3ccccc3)[C@H](C1)C2. The summed E-state index contributed by atoms with van der Waals surface area (Å²) in [4.78, 5) is 12.3. The summed E-state index contributed by atoms with van der Waals surface area (Å²) in [6.45, 7) is 4.10. The lowest BCUT2D eigenvalue weighted by Crippen LogP contribution is -2.39. The molecule has 1 N–H and O–H groups in total. The van der Waals surface area contributed by atoms with Gasteiger partial charge in [-0.15, -0.1) is 0 Å². The molecule has 100 valence electrons. The van der Waals surface area contributed by atoms with Gasteiger partial charge in [0.15, 0.2) is 0 Å². The predicted octanol–water partition coefficient (Wildman–Crippen LogP) is 3.28. The van der Waals surface area contributed by atoms with Gasteiger partial charge < -0.3 is 5.11 Å². The van der Waals surface area contributed by atoms with Gasteiger partial charge in [0, 0.05) is 6.42 Å². The van der Waals surface area contributed by atoms with Crippen LogP contribution in [-0.2, 0) is 4.79 Å². The predicted molar refractivity (Wildman–Crippen MR) is 74.5 cm³/mol. The second kappa shape index (κ2) is 4.93. The zero-order valence-corrected chi connectivity index (χ0v) is 11.1. The van der Waals surface area contributed by atoms with E-state index in [-0.39, 0.29) is 17.6 Å². The second-order valence-electron chi connectivity index (χ2n) is 6.07. The zero-order valence-electron chi connectivity index (χ0n) is 11.1. The van der Waals surface area contributed by atoms with Gasteiger partial charge >= 0.3 is 0 Å². The van der Waals surface area contributed by atoms with E-state index in [1.54, 1.807) is 0 Å². The third kappa shape index (κ3) is 2.37. The van der Waals surface area contributed by atoms with E-state index < -0.39 is 6.10 Å². The van der Waals surface area contributed by atoms with E-state index in [1.807, 2.05) is 30.3 Å². The van der Waals surface area contributed by atoms with Gasteiger partial charge in [0.2, 0.25) is 0 Å². The summed E-state index contributed by atoms with van der Waals surface area (Å²) in [6, 6.07) is 9.56. The van der Waals surface area contributed by atoms with Gasteiger partial charge in [-0.1, -0.05) is 42.5 Å². The van der Waals surface area contributed by atoms with Crippen molar-refractivity contribution in [3.8, 4) is 0 Å². The Morgan fingerprint density at radius 2 is 1.89 bits per heavy atom. The average molecular weight is 256 g/mol. The van der Waals surface area contributed by atoms with E-state index in [1.165, 1.54) is 5.57 Å². The van der Waals surface area contributed by atoms with Crippen LogP contribution >= 0.6 is 0 Å². The van der Waals surface area contributed by atoms with Gasteiger partial charge in [0.05, 0.1) is 12.0 Å². The van der Waals surface area contributed by atoms with Gasteiger partial charge in [-0.3, -0.25) is 4.79 Å². The van der Waals surface area contributed by atoms with Crippen LogP contribution in [-0.4, -0.2) is 10.9 Å². The fraction of sp³-hybridized carbons (Fsp3) is 0.471. The molecule has 0 heterocycles. The number of benzene rings is 1. The van der Waals surface area contributed by atoms with E-state index in [4.69, 9.17) is 0 Å². The Morgan fingerprint density at radius 3 is 2.63 bits per heavy atom. The number of fused-ring (bicyclic) bond motifs is 2. The summed E-state index contributed by atoms with van der Waals surface area (Å²) in [5.74, 6) is 0.751. The molecule has 2 bridgehead atoms. The molecule has 19 heavy (non-hydrogen) atoms. The lowest BCUT2D eigenvalue weighted by atomic mass is 9.63. The fourth-order valence-electron chi connectivity index (χ4n) is 3.86. The molecule has 2 aliphatic rings. The van der Waals surface area contributed by atoms with Crippen LogP contribution in [0.2, 0.25) is 0 Å². The standard InChI is InChI=1S/C17H20O2/c1-11-7-12-9-14(8-11)16(15(18)10-12)17(19)13-5-3-2-4-6-13/h2-6,12,14,16-17,19H,1,7-10H2/t12-,14+,16-,17?/m0/s1. The van der Waals surface area contributed by atoms with Crippen molar-refractivity contribution in [1.82, 2.24) is 0 Å². The quantitative estimate of drug-likeness (QED) is 0.824. The van der Waals surface area contributed by atoms with Crippen LogP contribution in [0.25, 0.3) is 0 Å². The average Bonchev–Trinajstić information content (AvgIpc) is 2.38. The van der Waals surface area contributed by atoms with Crippen LogP contribution < -0.4 is 0 Å². The van der Waals surface area contributed by atoms with E-state index >= 15 is 0 Å². The minimum atomic E-state index is -0.662. The molecule has 2 fully saturated rings. The van der Waals surface area contributed by atoms with Crippen molar-refractivity contribution in [2.75, 3.05) is 0 Å². The van der Waals surface area contributed by atoms with Crippen molar-refractivity contribution in [3.05, 3.63) is 48.0 Å². The molecule has 1 aromatic carbocycles. The number of hydrogen-bond donors (Lipinski definition) is 1. The van der Waals surface area contributed by atoms with Crippen LogP contribution in [0.5, 0.6) is 0 Å². The number of aliphatic hydroxyl groups excluding tert-OH is 1. The molecule has 0 spiro atoms. The molecule has 0 saturated heterocycles. The topological polar surface area (TPSA) is 37.3 Å². The summed E-state index contributed by atoms with van der Waals surface area (Å²) < 4.78 is 0. The second-order valence-corrected chi connectivity index (χ2v) is 6.07. The summed E-state index contributed by atoms with van der Waals surface area (Å²) >= 11 is 0. The molecule has 0 aromatic heterocycles. The van der Waals surface area contributed by atoms with E-state index in [9.17, 15) is 9.90 Å². The highest BCUT2D eigenvalue weighted by atomic mass is 16.3. The van der Waals surface area contributed by atoms with E-state index in [2.05, 4.69) is 6.58 Å². The van der Waals surface area contributed by atoms with Gasteiger partial charge in [-0.25, -0.2) is 0 Å². The Kier molecular flexibility index (Phi) is 3.28. The van der Waals surface area contributed by atoms with Crippen LogP contribution in [0.1, 0.15) is 37.4 Å². The number of carbonyl (C=O) groups is 1. The summed E-state index contributed by atoms with van der Waals surface area (Å²) in [5, 5.41) is 10.6. The Morgan fingerprint density at radius 1 is 1.16 bits per heavy atom. The monoisotopic (exact) mass is 256 g/mol. The van der Waals surface area contributed by atoms with E-state index in [0.717, 1.165) is 24.8 Å². The number of ketones is 1. The number of allylic oxidation sites excluding steroid dienone is 1. The normalized spacial score (nSPS) is 32.2. The number of Topliss-reactive ketones (excluding diaryl/α,β-unsaturated/α-hetero) is 1. The molecule has 2 saturated carbocycles. The number of carbonyl (C=O) groups excluding carboxylic acids is 1. The Hall–Kier alpha value is -1.41. The Balaban J connectivity index is 1.86. The van der Waals surface area contributed by atoms with E-state index in [0.29, 0.717) is 12.3 Å². The molecule has 1 unspecified atom stereocenters. The maximum atomic E-state index is 12.3. The van der Waals surface area contributed by atoms with Gasteiger partial charge in [-0.05, 0) is 36.7 Å². The lowest BCUT2D eigenvalue weighted by Gasteiger charge is -2.42. The first-order chi connectivity index (χ1) is 9.15. The molecule has 3 rings (SSSR count). The first kappa shape index (κ1) is 12.6. The highest BCUT2D eigenvalue weighted by Gasteiger charge is 2.43. The summed E-state index contributed by atoms with van der Waals surface area (Å²) in [5.41, 5.74) is 2.11. The molecule has 2 nitrogen and oxygen atoms in total. The fourth-order valence-corrected chi connectivity index (χ4v) is 3.86. The number of rotatable bonds is 2. The van der Waals surface area contributed by atoms with Crippen LogP contribution in [0, 0.1) is 17.8 Å². The zero-order chi connectivity index (χ0) is 13.4. The largest absolute Gasteiger partial charge is 0.388 e. The minimum absolute atomic E-state index is 0.240. The Labute approximate surface area is 114 Å². The maximum Gasteiger partial charge on any atom is 0.139 e. The van der Waals surface area contributed by atoms with Crippen molar-refractivity contribution in [2.24, 2.45) is 17.8 Å². The third-order valence-electron chi connectivity index (χ3n) is 4.62. The third-order valence-corrected chi connectivity index (χ3v) is 4.62. The lowest BCUT2D eigenvalue weighted by molar-refractivity contribution is -0.134. The number of hydrogen-bond acceptors (Lipinski definition) is 2. The number of aliphatic hydroxyl groups is 1. The molecule has 2 heteroatoms. The molecule has 0 amide bonds. The molecule has 0 radical (unpaired) electrons. The smallest absolute Gasteiger partial charge is 0.139 e. The Bertz CT molecular complexity index is 491. The minimum Gasteiger partial charge on any atom is -0.388 e. The molecule has 2 aliphatic carbocycles. The molecular formula is C17H20O2. The molecule has 1 aromatic rings. The van der Waals surface area contributed by atoms with Crippen LogP contribution in [0.15, 0.2) is 42.5 Å². The summed E-state index contributed by atoms with van der Waals surface area (Å²) in [7, 11) is 0. The van der Waals surface area contributed by atoms with Crippen molar-refractivity contribution in [3.63, 3.8) is 0 Å². The van der Waals surface area contributed by atoms with Crippen molar-refractivity contribution in [1.29, 1.82) is 0 Å². The maximum absolute atomic E-state index is 12.3.